The SMILES string of the molecule is CC(C)NCC1CCC1c1cccc(C(F)(F)F)c1. The second-order valence-corrected chi connectivity index (χ2v) is 5.63. The molecule has 1 aliphatic rings. The average Bonchev–Trinajstić information content (AvgIpc) is 2.26. The molecule has 106 valence electrons. The minimum absolute atomic E-state index is 0.272. The van der Waals surface area contributed by atoms with Crippen molar-refractivity contribution in [3.05, 3.63) is 35.4 Å². The molecule has 2 atom stereocenters. The summed E-state index contributed by atoms with van der Waals surface area (Å²) in [4.78, 5) is 0. The Balaban J connectivity index is 2.06. The van der Waals surface area contributed by atoms with Gasteiger partial charge in [-0.05, 0) is 42.9 Å². The summed E-state index contributed by atoms with van der Waals surface area (Å²) in [6, 6.07) is 6.21. The van der Waals surface area contributed by atoms with Gasteiger partial charge < -0.3 is 5.32 Å². The van der Waals surface area contributed by atoms with E-state index in [0.29, 0.717) is 12.0 Å². The van der Waals surface area contributed by atoms with Crippen molar-refractivity contribution in [2.45, 2.75) is 44.8 Å². The molecule has 2 unspecified atom stereocenters. The molecular weight excluding hydrogens is 251 g/mol. The molecule has 1 nitrogen and oxygen atoms in total. The summed E-state index contributed by atoms with van der Waals surface area (Å²) in [7, 11) is 0. The van der Waals surface area contributed by atoms with Crippen LogP contribution in [0, 0.1) is 5.92 Å². The van der Waals surface area contributed by atoms with E-state index in [2.05, 4.69) is 19.2 Å². The Hall–Kier alpha value is -1.03. The van der Waals surface area contributed by atoms with Gasteiger partial charge >= 0.3 is 6.18 Å². The van der Waals surface area contributed by atoms with E-state index in [1.807, 2.05) is 6.07 Å². The molecule has 1 aromatic carbocycles. The van der Waals surface area contributed by atoms with Crippen molar-refractivity contribution in [2.75, 3.05) is 6.54 Å². The lowest BCUT2D eigenvalue weighted by molar-refractivity contribution is -0.137. The van der Waals surface area contributed by atoms with Crippen LogP contribution in [-0.2, 0) is 6.18 Å². The van der Waals surface area contributed by atoms with Gasteiger partial charge in [0.2, 0.25) is 0 Å². The summed E-state index contributed by atoms with van der Waals surface area (Å²) >= 11 is 0. The third-order valence-corrected chi connectivity index (χ3v) is 3.85. The Labute approximate surface area is 112 Å². The van der Waals surface area contributed by atoms with Crippen LogP contribution in [0.5, 0.6) is 0 Å². The largest absolute Gasteiger partial charge is 0.416 e. The standard InChI is InChI=1S/C15H20F3N/c1-10(2)19-9-12-6-7-14(12)11-4-3-5-13(8-11)15(16,17)18/h3-5,8,10,12,14,19H,6-7,9H2,1-2H3. The van der Waals surface area contributed by atoms with Gasteiger partial charge in [0, 0.05) is 6.04 Å². The highest BCUT2D eigenvalue weighted by molar-refractivity contribution is 5.30. The van der Waals surface area contributed by atoms with Crippen LogP contribution < -0.4 is 5.32 Å². The number of halogens is 3. The maximum Gasteiger partial charge on any atom is 0.416 e. The first-order valence-electron chi connectivity index (χ1n) is 6.78. The number of hydrogen-bond donors (Lipinski definition) is 1. The molecule has 1 aromatic rings. The lowest BCUT2D eigenvalue weighted by atomic mass is 9.69. The third kappa shape index (κ3) is 3.50. The van der Waals surface area contributed by atoms with E-state index in [0.717, 1.165) is 31.0 Å². The summed E-state index contributed by atoms with van der Waals surface area (Å²) in [5.41, 5.74) is 0.295. The fourth-order valence-electron chi connectivity index (χ4n) is 2.58. The van der Waals surface area contributed by atoms with Crippen LogP contribution in [0.25, 0.3) is 0 Å². The van der Waals surface area contributed by atoms with E-state index >= 15 is 0 Å². The van der Waals surface area contributed by atoms with Crippen molar-refractivity contribution in [3.63, 3.8) is 0 Å². The summed E-state index contributed by atoms with van der Waals surface area (Å²) in [5.74, 6) is 0.736. The predicted molar refractivity (Wildman–Crippen MR) is 70.0 cm³/mol. The number of alkyl halides is 3. The second-order valence-electron chi connectivity index (χ2n) is 5.63. The van der Waals surface area contributed by atoms with Gasteiger partial charge in [0.15, 0.2) is 0 Å². The third-order valence-electron chi connectivity index (χ3n) is 3.85. The van der Waals surface area contributed by atoms with Crippen LogP contribution in [0.4, 0.5) is 13.2 Å². The number of benzene rings is 1. The molecular formula is C15H20F3N. The Bertz CT molecular complexity index is 426. The van der Waals surface area contributed by atoms with E-state index in [-0.39, 0.29) is 5.92 Å². The fraction of sp³-hybridized carbons (Fsp3) is 0.600. The highest BCUT2D eigenvalue weighted by Gasteiger charge is 2.35. The highest BCUT2D eigenvalue weighted by Crippen LogP contribution is 2.43. The summed E-state index contributed by atoms with van der Waals surface area (Å²) in [5, 5.41) is 3.37. The quantitative estimate of drug-likeness (QED) is 0.865. The molecule has 0 heterocycles. The molecule has 0 spiro atoms. The lowest BCUT2D eigenvalue weighted by Gasteiger charge is -2.38. The molecule has 2 rings (SSSR count). The zero-order valence-electron chi connectivity index (χ0n) is 11.3. The Morgan fingerprint density at radius 3 is 2.53 bits per heavy atom. The number of rotatable bonds is 4. The van der Waals surface area contributed by atoms with Crippen molar-refractivity contribution >= 4 is 0 Å². The highest BCUT2D eigenvalue weighted by atomic mass is 19.4. The Kier molecular flexibility index (Phi) is 4.19. The zero-order valence-corrected chi connectivity index (χ0v) is 11.3. The fourth-order valence-corrected chi connectivity index (χ4v) is 2.58. The first-order valence-corrected chi connectivity index (χ1v) is 6.78. The van der Waals surface area contributed by atoms with E-state index in [4.69, 9.17) is 0 Å². The van der Waals surface area contributed by atoms with Crippen LogP contribution >= 0.6 is 0 Å². The molecule has 1 N–H and O–H groups in total. The molecule has 0 bridgehead atoms. The molecule has 0 saturated heterocycles. The first-order chi connectivity index (χ1) is 8.88. The van der Waals surface area contributed by atoms with Gasteiger partial charge in [0.05, 0.1) is 5.56 Å². The Morgan fingerprint density at radius 2 is 2.00 bits per heavy atom. The van der Waals surface area contributed by atoms with Gasteiger partial charge in [0.1, 0.15) is 0 Å². The summed E-state index contributed by atoms with van der Waals surface area (Å²) in [6.45, 7) is 5.05. The smallest absolute Gasteiger partial charge is 0.314 e. The first kappa shape index (κ1) is 14.4. The van der Waals surface area contributed by atoms with Crippen LogP contribution in [-0.4, -0.2) is 12.6 Å². The van der Waals surface area contributed by atoms with E-state index in [9.17, 15) is 13.2 Å². The average molecular weight is 271 g/mol. The topological polar surface area (TPSA) is 12.0 Å². The molecule has 0 radical (unpaired) electrons. The zero-order chi connectivity index (χ0) is 14.0. The van der Waals surface area contributed by atoms with Crippen LogP contribution in [0.1, 0.15) is 43.7 Å². The van der Waals surface area contributed by atoms with Gasteiger partial charge in [-0.25, -0.2) is 0 Å². The number of nitrogens with one attached hydrogen (secondary N) is 1. The molecule has 0 aliphatic heterocycles. The van der Waals surface area contributed by atoms with Crippen LogP contribution in [0.15, 0.2) is 24.3 Å². The van der Waals surface area contributed by atoms with E-state index in [1.54, 1.807) is 0 Å². The van der Waals surface area contributed by atoms with Gasteiger partial charge in [-0.2, -0.15) is 13.2 Å². The molecule has 1 fully saturated rings. The van der Waals surface area contributed by atoms with Crippen molar-refractivity contribution < 1.29 is 13.2 Å². The minimum atomic E-state index is -4.24. The molecule has 4 heteroatoms. The molecule has 0 amide bonds. The summed E-state index contributed by atoms with van der Waals surface area (Å²) < 4.78 is 38.1. The van der Waals surface area contributed by atoms with Crippen molar-refractivity contribution in [2.24, 2.45) is 5.92 Å². The maximum absolute atomic E-state index is 12.7. The molecule has 1 aliphatic carbocycles. The van der Waals surface area contributed by atoms with Crippen molar-refractivity contribution in [1.82, 2.24) is 5.32 Å². The maximum atomic E-state index is 12.7. The van der Waals surface area contributed by atoms with Gasteiger partial charge in [0.25, 0.3) is 0 Å². The normalized spacial score (nSPS) is 23.5. The van der Waals surface area contributed by atoms with Gasteiger partial charge in [-0.15, -0.1) is 0 Å². The summed E-state index contributed by atoms with van der Waals surface area (Å²) in [6.07, 6.45) is -2.15. The molecule has 19 heavy (non-hydrogen) atoms. The second kappa shape index (κ2) is 5.53. The Morgan fingerprint density at radius 1 is 1.26 bits per heavy atom. The molecule has 0 aromatic heterocycles. The lowest BCUT2D eigenvalue weighted by Crippen LogP contribution is -2.36. The van der Waals surface area contributed by atoms with Crippen molar-refractivity contribution in [1.29, 1.82) is 0 Å². The van der Waals surface area contributed by atoms with Gasteiger partial charge in [-0.1, -0.05) is 32.0 Å². The minimum Gasteiger partial charge on any atom is -0.314 e. The monoisotopic (exact) mass is 271 g/mol. The predicted octanol–water partition coefficient (Wildman–Crippen LogP) is 4.20. The molecule has 1 saturated carbocycles. The van der Waals surface area contributed by atoms with Crippen molar-refractivity contribution in [3.8, 4) is 0 Å². The van der Waals surface area contributed by atoms with E-state index in [1.165, 1.54) is 12.1 Å². The van der Waals surface area contributed by atoms with E-state index < -0.39 is 11.7 Å². The van der Waals surface area contributed by atoms with Crippen LogP contribution in [0.2, 0.25) is 0 Å². The van der Waals surface area contributed by atoms with Gasteiger partial charge in [-0.3, -0.25) is 0 Å². The van der Waals surface area contributed by atoms with Crippen LogP contribution in [0.3, 0.4) is 0 Å². The number of hydrogen-bond acceptors (Lipinski definition) is 1.